The average Bonchev–Trinajstić information content (AvgIpc) is 2.83. The molecule has 0 aliphatic carbocycles. The maximum absolute atomic E-state index is 5.52. The molecular formula is C17H19N3OS. The number of thiophene rings is 1. The largest absolute Gasteiger partial charge is 0.494 e. The molecule has 0 amide bonds. The highest BCUT2D eigenvalue weighted by Gasteiger charge is 2.17. The molecule has 0 fully saturated rings. The van der Waals surface area contributed by atoms with Crippen LogP contribution in [-0.4, -0.2) is 23.6 Å². The van der Waals surface area contributed by atoms with E-state index in [9.17, 15) is 0 Å². The molecule has 0 aliphatic rings. The Morgan fingerprint density at radius 3 is 2.50 bits per heavy atom. The lowest BCUT2D eigenvalue weighted by Gasteiger charge is -2.08. The van der Waals surface area contributed by atoms with Crippen LogP contribution in [0, 0.1) is 13.8 Å². The lowest BCUT2D eigenvalue weighted by molar-refractivity contribution is 0.340. The van der Waals surface area contributed by atoms with Crippen LogP contribution in [-0.2, 0) is 0 Å². The van der Waals surface area contributed by atoms with Crippen molar-refractivity contribution in [2.24, 2.45) is 0 Å². The molecule has 3 aromatic rings. The molecule has 2 heterocycles. The number of hydrogen-bond acceptors (Lipinski definition) is 5. The molecule has 114 valence electrons. The van der Waals surface area contributed by atoms with Gasteiger partial charge >= 0.3 is 0 Å². The zero-order valence-electron chi connectivity index (χ0n) is 13.2. The van der Waals surface area contributed by atoms with Crippen LogP contribution in [0.1, 0.15) is 17.6 Å². The first kappa shape index (κ1) is 14.8. The number of aromatic nitrogens is 2. The van der Waals surface area contributed by atoms with Gasteiger partial charge in [-0.15, -0.1) is 11.3 Å². The van der Waals surface area contributed by atoms with Gasteiger partial charge in [0.05, 0.1) is 12.0 Å². The van der Waals surface area contributed by atoms with E-state index in [1.165, 1.54) is 10.4 Å². The lowest BCUT2D eigenvalue weighted by atomic mass is 10.0. The van der Waals surface area contributed by atoms with Crippen molar-refractivity contribution in [3.8, 4) is 16.9 Å². The second-order valence-corrected chi connectivity index (χ2v) is 6.24. The number of hydrogen-bond donors (Lipinski definition) is 1. The Labute approximate surface area is 134 Å². The van der Waals surface area contributed by atoms with Crippen molar-refractivity contribution < 1.29 is 4.74 Å². The monoisotopic (exact) mass is 313 g/mol. The molecule has 2 aromatic heterocycles. The number of rotatable bonds is 4. The predicted molar refractivity (Wildman–Crippen MR) is 93.0 cm³/mol. The summed E-state index contributed by atoms with van der Waals surface area (Å²) in [5.74, 6) is 2.57. The molecule has 4 nitrogen and oxygen atoms in total. The molecule has 0 saturated carbocycles. The summed E-state index contributed by atoms with van der Waals surface area (Å²) in [6.07, 6.45) is 0. The Balaban J connectivity index is 2.19. The van der Waals surface area contributed by atoms with Gasteiger partial charge in [0.2, 0.25) is 0 Å². The highest BCUT2D eigenvalue weighted by molar-refractivity contribution is 7.19. The molecule has 22 heavy (non-hydrogen) atoms. The molecule has 0 radical (unpaired) electrons. The quantitative estimate of drug-likeness (QED) is 0.774. The SMILES string of the molecule is CCOc1ccc(-c2c(C)sc3nc(C)nc(NC)c23)cc1. The van der Waals surface area contributed by atoms with E-state index in [2.05, 4.69) is 34.3 Å². The van der Waals surface area contributed by atoms with Crippen molar-refractivity contribution in [1.29, 1.82) is 0 Å². The molecule has 0 saturated heterocycles. The van der Waals surface area contributed by atoms with Crippen molar-refractivity contribution in [3.63, 3.8) is 0 Å². The smallest absolute Gasteiger partial charge is 0.138 e. The number of anilines is 1. The summed E-state index contributed by atoms with van der Waals surface area (Å²) in [5.41, 5.74) is 2.36. The molecular weight excluding hydrogens is 294 g/mol. The molecule has 1 aromatic carbocycles. The molecule has 5 heteroatoms. The zero-order chi connectivity index (χ0) is 15.7. The second kappa shape index (κ2) is 5.93. The number of ether oxygens (including phenoxy) is 1. The molecule has 0 unspecified atom stereocenters. The van der Waals surface area contributed by atoms with Crippen LogP contribution in [0.4, 0.5) is 5.82 Å². The fourth-order valence-corrected chi connectivity index (χ4v) is 3.72. The van der Waals surface area contributed by atoms with E-state index < -0.39 is 0 Å². The highest BCUT2D eigenvalue weighted by Crippen LogP contribution is 2.40. The van der Waals surface area contributed by atoms with Crippen molar-refractivity contribution in [2.75, 3.05) is 19.0 Å². The average molecular weight is 313 g/mol. The van der Waals surface area contributed by atoms with Crippen LogP contribution in [0.2, 0.25) is 0 Å². The number of aryl methyl sites for hydroxylation is 2. The normalized spacial score (nSPS) is 10.9. The summed E-state index contributed by atoms with van der Waals surface area (Å²) in [5, 5.41) is 4.29. The van der Waals surface area contributed by atoms with Gasteiger partial charge in [-0.2, -0.15) is 0 Å². The highest BCUT2D eigenvalue weighted by atomic mass is 32.1. The van der Waals surface area contributed by atoms with Crippen LogP contribution >= 0.6 is 11.3 Å². The Bertz CT molecular complexity index is 809. The number of nitrogens with one attached hydrogen (secondary N) is 1. The fourth-order valence-electron chi connectivity index (χ4n) is 2.63. The van der Waals surface area contributed by atoms with Crippen LogP contribution in [0.15, 0.2) is 24.3 Å². The van der Waals surface area contributed by atoms with Gasteiger partial charge in [-0.1, -0.05) is 12.1 Å². The predicted octanol–water partition coefficient (Wildman–Crippen LogP) is 4.42. The van der Waals surface area contributed by atoms with E-state index in [1.807, 2.05) is 33.0 Å². The van der Waals surface area contributed by atoms with E-state index >= 15 is 0 Å². The van der Waals surface area contributed by atoms with Gasteiger partial charge in [0.1, 0.15) is 22.2 Å². The second-order valence-electron chi connectivity index (χ2n) is 5.04. The van der Waals surface area contributed by atoms with Gasteiger partial charge in [0, 0.05) is 17.5 Å². The van der Waals surface area contributed by atoms with Crippen molar-refractivity contribution in [1.82, 2.24) is 9.97 Å². The minimum absolute atomic E-state index is 0.677. The molecule has 0 atom stereocenters. The van der Waals surface area contributed by atoms with Crippen molar-refractivity contribution >= 4 is 27.4 Å². The first-order valence-corrected chi connectivity index (χ1v) is 8.14. The van der Waals surface area contributed by atoms with E-state index in [0.29, 0.717) is 6.61 Å². The van der Waals surface area contributed by atoms with Gasteiger partial charge in [0.15, 0.2) is 0 Å². The molecule has 0 aliphatic heterocycles. The van der Waals surface area contributed by atoms with Gasteiger partial charge in [0.25, 0.3) is 0 Å². The van der Waals surface area contributed by atoms with Crippen molar-refractivity contribution in [3.05, 3.63) is 35.0 Å². The van der Waals surface area contributed by atoms with Gasteiger partial charge in [-0.3, -0.25) is 0 Å². The first-order chi connectivity index (χ1) is 10.6. The fraction of sp³-hybridized carbons (Fsp3) is 0.294. The first-order valence-electron chi connectivity index (χ1n) is 7.32. The van der Waals surface area contributed by atoms with E-state index in [4.69, 9.17) is 4.74 Å². The Kier molecular flexibility index (Phi) is 3.98. The number of fused-ring (bicyclic) bond motifs is 1. The summed E-state index contributed by atoms with van der Waals surface area (Å²) in [6, 6.07) is 8.21. The number of nitrogens with zero attached hydrogens (tertiary/aromatic N) is 2. The molecule has 0 spiro atoms. The van der Waals surface area contributed by atoms with E-state index in [1.54, 1.807) is 11.3 Å². The molecule has 1 N–H and O–H groups in total. The summed E-state index contributed by atoms with van der Waals surface area (Å²) in [6.45, 7) is 6.72. The Morgan fingerprint density at radius 2 is 1.86 bits per heavy atom. The third-order valence-corrected chi connectivity index (χ3v) is 4.53. The number of benzene rings is 1. The van der Waals surface area contributed by atoms with Crippen LogP contribution < -0.4 is 10.1 Å². The molecule has 0 bridgehead atoms. The minimum atomic E-state index is 0.677. The lowest BCUT2D eigenvalue weighted by Crippen LogP contribution is -1.97. The standard InChI is InChI=1S/C17H19N3OS/c1-5-21-13-8-6-12(7-9-13)14-10(2)22-17-15(14)16(18-4)19-11(3)20-17/h6-9H,5H2,1-4H3,(H,18,19,20). The van der Waals surface area contributed by atoms with Crippen molar-refractivity contribution in [2.45, 2.75) is 20.8 Å². The summed E-state index contributed by atoms with van der Waals surface area (Å²) in [4.78, 5) is 11.4. The third kappa shape index (κ3) is 2.52. The topological polar surface area (TPSA) is 47.0 Å². The van der Waals surface area contributed by atoms with E-state index in [-0.39, 0.29) is 0 Å². The minimum Gasteiger partial charge on any atom is -0.494 e. The summed E-state index contributed by atoms with van der Waals surface area (Å²) >= 11 is 1.71. The maximum Gasteiger partial charge on any atom is 0.138 e. The zero-order valence-corrected chi connectivity index (χ0v) is 14.0. The van der Waals surface area contributed by atoms with Crippen LogP contribution in [0.3, 0.4) is 0 Å². The van der Waals surface area contributed by atoms with Crippen LogP contribution in [0.25, 0.3) is 21.3 Å². The Hall–Kier alpha value is -2.14. The van der Waals surface area contributed by atoms with Gasteiger partial charge in [-0.25, -0.2) is 9.97 Å². The summed E-state index contributed by atoms with van der Waals surface area (Å²) in [7, 11) is 1.90. The maximum atomic E-state index is 5.52. The van der Waals surface area contributed by atoms with Crippen LogP contribution in [0.5, 0.6) is 5.75 Å². The third-order valence-electron chi connectivity index (χ3n) is 3.53. The summed E-state index contributed by atoms with van der Waals surface area (Å²) < 4.78 is 5.52. The molecule has 3 rings (SSSR count). The van der Waals surface area contributed by atoms with E-state index in [0.717, 1.165) is 33.2 Å². The van der Waals surface area contributed by atoms with Gasteiger partial charge in [-0.05, 0) is 38.5 Å². The Morgan fingerprint density at radius 1 is 1.14 bits per heavy atom. The van der Waals surface area contributed by atoms with Gasteiger partial charge < -0.3 is 10.1 Å².